The summed E-state index contributed by atoms with van der Waals surface area (Å²) >= 11 is 0. The van der Waals surface area contributed by atoms with Crippen LogP contribution in [0, 0.1) is 11.6 Å². The highest BCUT2D eigenvalue weighted by Crippen LogP contribution is 2.16. The highest BCUT2D eigenvalue weighted by Gasteiger charge is 2.14. The molecule has 1 rings (SSSR count). The third kappa shape index (κ3) is 3.42. The number of aryl methyl sites for hydroxylation is 1. The number of rotatable bonds is 3. The molecule has 1 aromatic carbocycles. The molecule has 0 bridgehead atoms. The molecule has 3 heteroatoms. The van der Waals surface area contributed by atoms with Gasteiger partial charge in [-0.1, -0.05) is 0 Å². The second-order valence-electron chi connectivity index (χ2n) is 4.05. The van der Waals surface area contributed by atoms with Gasteiger partial charge < -0.3 is 5.11 Å². The first-order valence-corrected chi connectivity index (χ1v) is 4.55. The molecular weight excluding hydrogens is 186 g/mol. The van der Waals surface area contributed by atoms with Gasteiger partial charge in [0.25, 0.3) is 0 Å². The van der Waals surface area contributed by atoms with Gasteiger partial charge in [-0.3, -0.25) is 0 Å². The number of aliphatic hydroxyl groups is 1. The molecule has 0 aromatic heterocycles. The van der Waals surface area contributed by atoms with E-state index in [-0.39, 0.29) is 0 Å². The number of halogens is 2. The Kier molecular flexibility index (Phi) is 3.21. The number of benzene rings is 1. The van der Waals surface area contributed by atoms with Crippen molar-refractivity contribution in [3.8, 4) is 0 Å². The van der Waals surface area contributed by atoms with E-state index < -0.39 is 17.2 Å². The SMILES string of the molecule is CC(C)(O)CCc1cc(F)ccc1F. The van der Waals surface area contributed by atoms with Crippen molar-refractivity contribution in [3.05, 3.63) is 35.4 Å². The van der Waals surface area contributed by atoms with Crippen molar-refractivity contribution in [1.29, 1.82) is 0 Å². The Balaban J connectivity index is 2.72. The van der Waals surface area contributed by atoms with Gasteiger partial charge in [0.1, 0.15) is 11.6 Å². The van der Waals surface area contributed by atoms with E-state index in [1.54, 1.807) is 13.8 Å². The van der Waals surface area contributed by atoms with Gasteiger partial charge in [0.2, 0.25) is 0 Å². The second-order valence-corrected chi connectivity index (χ2v) is 4.05. The first-order chi connectivity index (χ1) is 6.38. The van der Waals surface area contributed by atoms with Gasteiger partial charge in [-0.25, -0.2) is 8.78 Å². The molecule has 0 spiro atoms. The van der Waals surface area contributed by atoms with Crippen molar-refractivity contribution in [2.75, 3.05) is 0 Å². The molecule has 1 N–H and O–H groups in total. The molecule has 0 fully saturated rings. The van der Waals surface area contributed by atoms with E-state index in [4.69, 9.17) is 0 Å². The van der Waals surface area contributed by atoms with Crippen LogP contribution in [0.25, 0.3) is 0 Å². The van der Waals surface area contributed by atoms with Gasteiger partial charge in [-0.2, -0.15) is 0 Å². The molecule has 0 radical (unpaired) electrons. The monoisotopic (exact) mass is 200 g/mol. The molecule has 0 aliphatic heterocycles. The average Bonchev–Trinajstić information content (AvgIpc) is 2.05. The average molecular weight is 200 g/mol. The molecule has 0 aliphatic carbocycles. The van der Waals surface area contributed by atoms with Crippen LogP contribution in [0.5, 0.6) is 0 Å². The molecule has 1 aromatic rings. The molecule has 0 heterocycles. The van der Waals surface area contributed by atoms with E-state index in [0.29, 0.717) is 18.4 Å². The van der Waals surface area contributed by atoms with Crippen molar-refractivity contribution in [1.82, 2.24) is 0 Å². The van der Waals surface area contributed by atoms with Crippen LogP contribution in [0.3, 0.4) is 0 Å². The maximum Gasteiger partial charge on any atom is 0.126 e. The van der Waals surface area contributed by atoms with Crippen molar-refractivity contribution >= 4 is 0 Å². The summed E-state index contributed by atoms with van der Waals surface area (Å²) in [6, 6.07) is 3.36. The van der Waals surface area contributed by atoms with E-state index in [9.17, 15) is 13.9 Å². The van der Waals surface area contributed by atoms with E-state index in [1.807, 2.05) is 0 Å². The Labute approximate surface area is 82.4 Å². The predicted octanol–water partition coefficient (Wildman–Crippen LogP) is 2.67. The van der Waals surface area contributed by atoms with E-state index in [0.717, 1.165) is 12.1 Å². The fourth-order valence-electron chi connectivity index (χ4n) is 1.18. The number of hydrogen-bond donors (Lipinski definition) is 1. The minimum atomic E-state index is -0.848. The molecule has 0 atom stereocenters. The summed E-state index contributed by atoms with van der Waals surface area (Å²) in [4.78, 5) is 0. The topological polar surface area (TPSA) is 20.2 Å². The van der Waals surface area contributed by atoms with Crippen molar-refractivity contribution in [2.24, 2.45) is 0 Å². The number of hydrogen-bond acceptors (Lipinski definition) is 1. The molecule has 0 aliphatic rings. The van der Waals surface area contributed by atoms with Crippen LogP contribution in [-0.2, 0) is 6.42 Å². The van der Waals surface area contributed by atoms with Gasteiger partial charge >= 0.3 is 0 Å². The van der Waals surface area contributed by atoms with E-state index in [1.165, 1.54) is 6.07 Å². The van der Waals surface area contributed by atoms with Crippen LogP contribution >= 0.6 is 0 Å². The maximum atomic E-state index is 13.1. The maximum absolute atomic E-state index is 13.1. The Morgan fingerprint density at radius 2 is 1.93 bits per heavy atom. The summed E-state index contributed by atoms with van der Waals surface area (Å²) in [6.07, 6.45) is 0.750. The zero-order valence-electron chi connectivity index (χ0n) is 8.35. The smallest absolute Gasteiger partial charge is 0.126 e. The van der Waals surface area contributed by atoms with Crippen molar-refractivity contribution < 1.29 is 13.9 Å². The summed E-state index contributed by atoms with van der Waals surface area (Å²) in [5.74, 6) is -0.868. The lowest BCUT2D eigenvalue weighted by Crippen LogP contribution is -2.19. The van der Waals surface area contributed by atoms with Crippen LogP contribution in [0.15, 0.2) is 18.2 Å². The largest absolute Gasteiger partial charge is 0.390 e. The molecule has 0 amide bonds. The summed E-state index contributed by atoms with van der Waals surface area (Å²) in [6.45, 7) is 3.29. The zero-order chi connectivity index (χ0) is 10.8. The third-order valence-electron chi connectivity index (χ3n) is 2.01. The fourth-order valence-corrected chi connectivity index (χ4v) is 1.18. The first kappa shape index (κ1) is 11.1. The summed E-state index contributed by atoms with van der Waals surface area (Å²) in [7, 11) is 0. The van der Waals surface area contributed by atoms with E-state index in [2.05, 4.69) is 0 Å². The lowest BCUT2D eigenvalue weighted by atomic mass is 9.98. The van der Waals surface area contributed by atoms with Gasteiger partial charge in [0.15, 0.2) is 0 Å². The summed E-state index contributed by atoms with van der Waals surface area (Å²) in [5.41, 5.74) is -0.536. The fraction of sp³-hybridized carbons (Fsp3) is 0.455. The zero-order valence-corrected chi connectivity index (χ0v) is 8.35. The lowest BCUT2D eigenvalue weighted by Gasteiger charge is -2.16. The Hall–Kier alpha value is -0.960. The van der Waals surface area contributed by atoms with Crippen LogP contribution in [0.2, 0.25) is 0 Å². The minimum absolute atomic E-state index is 0.312. The molecule has 0 saturated carbocycles. The van der Waals surface area contributed by atoms with Crippen LogP contribution < -0.4 is 0 Å². The van der Waals surface area contributed by atoms with Gasteiger partial charge in [0.05, 0.1) is 5.60 Å². The second kappa shape index (κ2) is 4.05. The molecule has 0 unspecified atom stereocenters. The Morgan fingerprint density at radius 3 is 2.50 bits per heavy atom. The van der Waals surface area contributed by atoms with Gasteiger partial charge in [-0.05, 0) is 50.5 Å². The Bertz CT molecular complexity index is 316. The highest BCUT2D eigenvalue weighted by molar-refractivity contribution is 5.19. The van der Waals surface area contributed by atoms with Crippen LogP contribution in [-0.4, -0.2) is 10.7 Å². The van der Waals surface area contributed by atoms with Gasteiger partial charge in [0, 0.05) is 0 Å². The molecule has 0 saturated heterocycles. The molecule has 78 valence electrons. The van der Waals surface area contributed by atoms with Crippen LogP contribution in [0.1, 0.15) is 25.8 Å². The predicted molar refractivity (Wildman–Crippen MR) is 51.0 cm³/mol. The van der Waals surface area contributed by atoms with Gasteiger partial charge in [-0.15, -0.1) is 0 Å². The minimum Gasteiger partial charge on any atom is -0.390 e. The summed E-state index contributed by atoms with van der Waals surface area (Å²) < 4.78 is 25.8. The van der Waals surface area contributed by atoms with E-state index >= 15 is 0 Å². The first-order valence-electron chi connectivity index (χ1n) is 4.55. The van der Waals surface area contributed by atoms with Crippen LogP contribution in [0.4, 0.5) is 8.78 Å². The third-order valence-corrected chi connectivity index (χ3v) is 2.01. The lowest BCUT2D eigenvalue weighted by molar-refractivity contribution is 0.0711. The van der Waals surface area contributed by atoms with Crippen molar-refractivity contribution in [3.63, 3.8) is 0 Å². The summed E-state index contributed by atoms with van der Waals surface area (Å²) in [5, 5.41) is 9.42. The Morgan fingerprint density at radius 1 is 1.29 bits per heavy atom. The molecular formula is C11H14F2O. The quantitative estimate of drug-likeness (QED) is 0.795. The molecule has 1 nitrogen and oxygen atoms in total. The normalized spacial score (nSPS) is 11.8. The standard InChI is InChI=1S/C11H14F2O/c1-11(2,14)6-5-8-7-9(12)3-4-10(8)13/h3-4,7,14H,5-6H2,1-2H3. The van der Waals surface area contributed by atoms with Crippen molar-refractivity contribution in [2.45, 2.75) is 32.3 Å². The highest BCUT2D eigenvalue weighted by atomic mass is 19.1. The molecule has 14 heavy (non-hydrogen) atoms.